The standard InChI is InChI=1S/C19H17ClN4O/c1-11-6-12(7-16(25-2)17(11)20)14-8-15(14)13-9-23-19(24-10-13)18-21-4-3-5-22-18/h3-7,9-10,14-15H,8H2,1-2H3/t14-,15+/m1/s1. The highest BCUT2D eigenvalue weighted by atomic mass is 35.5. The van der Waals surface area contributed by atoms with Gasteiger partial charge in [0.05, 0.1) is 12.1 Å². The molecule has 1 aromatic carbocycles. The van der Waals surface area contributed by atoms with E-state index in [-0.39, 0.29) is 0 Å². The van der Waals surface area contributed by atoms with E-state index in [0.717, 1.165) is 23.3 Å². The van der Waals surface area contributed by atoms with Gasteiger partial charge in [-0.1, -0.05) is 17.7 Å². The molecular formula is C19H17ClN4O. The summed E-state index contributed by atoms with van der Waals surface area (Å²) in [4.78, 5) is 17.2. The van der Waals surface area contributed by atoms with Crippen molar-refractivity contribution >= 4 is 11.6 Å². The number of aryl methyl sites for hydroxylation is 1. The number of methoxy groups -OCH3 is 1. The number of hydrogen-bond donors (Lipinski definition) is 0. The largest absolute Gasteiger partial charge is 0.495 e. The van der Waals surface area contributed by atoms with Crippen LogP contribution >= 0.6 is 11.6 Å². The van der Waals surface area contributed by atoms with Gasteiger partial charge in [0.1, 0.15) is 5.75 Å². The Hall–Kier alpha value is -2.53. The molecule has 0 aliphatic heterocycles. The highest BCUT2D eigenvalue weighted by Crippen LogP contribution is 2.55. The predicted octanol–water partition coefficient (Wildman–Crippen LogP) is 4.18. The normalized spacial score (nSPS) is 18.8. The molecule has 1 aliphatic rings. The topological polar surface area (TPSA) is 60.8 Å². The van der Waals surface area contributed by atoms with Gasteiger partial charge in [0.15, 0.2) is 11.6 Å². The van der Waals surface area contributed by atoms with Crippen molar-refractivity contribution in [1.82, 2.24) is 19.9 Å². The number of nitrogens with zero attached hydrogens (tertiary/aromatic N) is 4. The Morgan fingerprint density at radius 3 is 2.28 bits per heavy atom. The van der Waals surface area contributed by atoms with Gasteiger partial charge in [-0.3, -0.25) is 0 Å². The summed E-state index contributed by atoms with van der Waals surface area (Å²) in [6.07, 6.45) is 8.21. The Morgan fingerprint density at radius 2 is 1.60 bits per heavy atom. The van der Waals surface area contributed by atoms with E-state index in [1.54, 1.807) is 25.6 Å². The Bertz CT molecular complexity index is 899. The van der Waals surface area contributed by atoms with E-state index >= 15 is 0 Å². The number of aromatic nitrogens is 4. The molecule has 2 atom stereocenters. The molecule has 0 saturated heterocycles. The highest BCUT2D eigenvalue weighted by Gasteiger charge is 2.40. The van der Waals surface area contributed by atoms with E-state index in [1.807, 2.05) is 25.4 Å². The van der Waals surface area contributed by atoms with Gasteiger partial charge in [-0.25, -0.2) is 19.9 Å². The van der Waals surface area contributed by atoms with Crippen molar-refractivity contribution in [3.8, 4) is 17.4 Å². The van der Waals surface area contributed by atoms with E-state index in [2.05, 4.69) is 26.0 Å². The number of halogens is 1. The summed E-state index contributed by atoms with van der Waals surface area (Å²) < 4.78 is 5.38. The first-order valence-corrected chi connectivity index (χ1v) is 8.48. The number of hydrogen-bond acceptors (Lipinski definition) is 5. The third-order valence-corrected chi connectivity index (χ3v) is 5.03. The zero-order chi connectivity index (χ0) is 17.4. The molecule has 0 amide bonds. The molecule has 0 radical (unpaired) electrons. The summed E-state index contributed by atoms with van der Waals surface area (Å²) in [7, 11) is 1.65. The van der Waals surface area contributed by atoms with Crippen LogP contribution in [0.25, 0.3) is 11.6 Å². The van der Waals surface area contributed by atoms with Gasteiger partial charge >= 0.3 is 0 Å². The van der Waals surface area contributed by atoms with Gasteiger partial charge in [0.2, 0.25) is 0 Å². The van der Waals surface area contributed by atoms with Gasteiger partial charge in [0.25, 0.3) is 0 Å². The fourth-order valence-corrected chi connectivity index (χ4v) is 3.30. The summed E-state index contributed by atoms with van der Waals surface area (Å²) in [5, 5.41) is 0.680. The zero-order valence-electron chi connectivity index (χ0n) is 14.0. The molecule has 25 heavy (non-hydrogen) atoms. The monoisotopic (exact) mass is 352 g/mol. The number of rotatable bonds is 4. The van der Waals surface area contributed by atoms with Crippen molar-refractivity contribution in [1.29, 1.82) is 0 Å². The van der Waals surface area contributed by atoms with E-state index < -0.39 is 0 Å². The first kappa shape index (κ1) is 16.0. The van der Waals surface area contributed by atoms with Crippen LogP contribution < -0.4 is 4.74 Å². The molecule has 1 saturated carbocycles. The van der Waals surface area contributed by atoms with Crippen LogP contribution in [0.1, 0.15) is 34.9 Å². The SMILES string of the molecule is COc1cc([C@H]2C[C@H]2c2cnc(-c3ncccn3)nc2)cc(C)c1Cl. The lowest BCUT2D eigenvalue weighted by Gasteiger charge is -2.09. The summed E-state index contributed by atoms with van der Waals surface area (Å²) in [6, 6.07) is 5.95. The van der Waals surface area contributed by atoms with E-state index in [4.69, 9.17) is 16.3 Å². The molecule has 0 unspecified atom stereocenters. The van der Waals surface area contributed by atoms with Gasteiger partial charge in [-0.15, -0.1) is 0 Å². The molecule has 0 spiro atoms. The van der Waals surface area contributed by atoms with Crippen molar-refractivity contribution in [3.05, 3.63) is 64.7 Å². The maximum absolute atomic E-state index is 6.26. The Morgan fingerprint density at radius 1 is 0.960 bits per heavy atom. The number of benzene rings is 1. The second kappa shape index (κ2) is 6.41. The van der Waals surface area contributed by atoms with Crippen LogP contribution in [0, 0.1) is 6.92 Å². The molecule has 2 aromatic heterocycles. The van der Waals surface area contributed by atoms with Gasteiger partial charge in [-0.2, -0.15) is 0 Å². The molecule has 4 rings (SSSR count). The van der Waals surface area contributed by atoms with Crippen molar-refractivity contribution in [2.75, 3.05) is 7.11 Å². The van der Waals surface area contributed by atoms with Crippen molar-refractivity contribution in [3.63, 3.8) is 0 Å². The van der Waals surface area contributed by atoms with Crippen LogP contribution in [0.5, 0.6) is 5.75 Å². The van der Waals surface area contributed by atoms with Crippen LogP contribution in [0.2, 0.25) is 5.02 Å². The Labute approximate surface area is 151 Å². The fourth-order valence-electron chi connectivity index (χ4n) is 3.12. The fraction of sp³-hybridized carbons (Fsp3) is 0.263. The summed E-state index contributed by atoms with van der Waals surface area (Å²) in [5.74, 6) is 2.70. The average Bonchev–Trinajstić information content (AvgIpc) is 3.45. The van der Waals surface area contributed by atoms with E-state index in [9.17, 15) is 0 Å². The molecule has 2 heterocycles. The van der Waals surface area contributed by atoms with E-state index in [1.165, 1.54) is 5.56 Å². The maximum Gasteiger partial charge on any atom is 0.197 e. The second-order valence-electron chi connectivity index (χ2n) is 6.22. The minimum absolute atomic E-state index is 0.427. The quantitative estimate of drug-likeness (QED) is 0.705. The summed E-state index contributed by atoms with van der Waals surface area (Å²) in [6.45, 7) is 2.00. The summed E-state index contributed by atoms with van der Waals surface area (Å²) in [5.41, 5.74) is 3.42. The molecule has 0 bridgehead atoms. The van der Waals surface area contributed by atoms with Crippen molar-refractivity contribution in [2.45, 2.75) is 25.2 Å². The molecular weight excluding hydrogens is 336 g/mol. The number of ether oxygens (including phenoxy) is 1. The highest BCUT2D eigenvalue weighted by molar-refractivity contribution is 6.32. The van der Waals surface area contributed by atoms with Crippen molar-refractivity contribution in [2.24, 2.45) is 0 Å². The molecule has 126 valence electrons. The third-order valence-electron chi connectivity index (χ3n) is 4.55. The maximum atomic E-state index is 6.26. The van der Waals surface area contributed by atoms with Crippen LogP contribution in [0.4, 0.5) is 0 Å². The smallest absolute Gasteiger partial charge is 0.197 e. The van der Waals surface area contributed by atoms with Gasteiger partial charge < -0.3 is 4.74 Å². The molecule has 6 heteroatoms. The minimum atomic E-state index is 0.427. The first-order chi connectivity index (χ1) is 12.2. The van der Waals surface area contributed by atoms with Gasteiger partial charge in [-0.05, 0) is 54.0 Å². The van der Waals surface area contributed by atoms with Crippen LogP contribution in [-0.4, -0.2) is 27.0 Å². The molecule has 0 N–H and O–H groups in total. The predicted molar refractivity (Wildman–Crippen MR) is 95.9 cm³/mol. The van der Waals surface area contributed by atoms with Gasteiger partial charge in [0, 0.05) is 24.8 Å². The lowest BCUT2D eigenvalue weighted by Crippen LogP contribution is -1.96. The molecule has 1 fully saturated rings. The molecule has 3 aromatic rings. The van der Waals surface area contributed by atoms with Crippen LogP contribution in [-0.2, 0) is 0 Å². The zero-order valence-corrected chi connectivity index (χ0v) is 14.7. The van der Waals surface area contributed by atoms with Crippen LogP contribution in [0.3, 0.4) is 0 Å². The second-order valence-corrected chi connectivity index (χ2v) is 6.59. The Kier molecular flexibility index (Phi) is 4.09. The lowest BCUT2D eigenvalue weighted by molar-refractivity contribution is 0.414. The molecule has 1 aliphatic carbocycles. The molecule has 5 nitrogen and oxygen atoms in total. The first-order valence-electron chi connectivity index (χ1n) is 8.10. The van der Waals surface area contributed by atoms with E-state index in [0.29, 0.717) is 28.5 Å². The summed E-state index contributed by atoms with van der Waals surface area (Å²) >= 11 is 6.26. The Balaban J connectivity index is 1.55. The third kappa shape index (κ3) is 3.07. The van der Waals surface area contributed by atoms with Crippen molar-refractivity contribution < 1.29 is 4.74 Å². The lowest BCUT2D eigenvalue weighted by atomic mass is 10.0. The van der Waals surface area contributed by atoms with Crippen LogP contribution in [0.15, 0.2) is 43.0 Å². The minimum Gasteiger partial charge on any atom is -0.495 e. The average molecular weight is 353 g/mol.